The van der Waals surface area contributed by atoms with E-state index in [0.29, 0.717) is 34.8 Å². The van der Waals surface area contributed by atoms with Crippen LogP contribution in [0.5, 0.6) is 11.5 Å². The zero-order valence-electron chi connectivity index (χ0n) is 18.1. The van der Waals surface area contributed by atoms with Crippen molar-refractivity contribution in [3.05, 3.63) is 76.1 Å². The summed E-state index contributed by atoms with van der Waals surface area (Å²) in [6, 6.07) is 13.9. The van der Waals surface area contributed by atoms with Crippen molar-refractivity contribution in [1.29, 1.82) is 0 Å². The van der Waals surface area contributed by atoms with Crippen LogP contribution in [0, 0.1) is 13.8 Å². The molecule has 2 heterocycles. The molecule has 4 rings (SSSR count). The minimum atomic E-state index is -0.417. The second kappa shape index (κ2) is 9.01. The maximum absolute atomic E-state index is 13.2. The molecule has 7 nitrogen and oxygen atoms in total. The summed E-state index contributed by atoms with van der Waals surface area (Å²) >= 11 is 0. The van der Waals surface area contributed by atoms with Crippen LogP contribution in [0.1, 0.15) is 18.1 Å². The van der Waals surface area contributed by atoms with Crippen molar-refractivity contribution in [3.8, 4) is 23.0 Å². The summed E-state index contributed by atoms with van der Waals surface area (Å²) in [4.78, 5) is 25.7. The van der Waals surface area contributed by atoms with Crippen molar-refractivity contribution in [2.24, 2.45) is 0 Å². The van der Waals surface area contributed by atoms with Gasteiger partial charge in [0.25, 0.3) is 5.91 Å². The Hall–Kier alpha value is -4.00. The average Bonchev–Trinajstić information content (AvgIpc) is 3.31. The van der Waals surface area contributed by atoms with Crippen LogP contribution >= 0.6 is 0 Å². The van der Waals surface area contributed by atoms with Crippen LogP contribution in [0.15, 0.2) is 68.4 Å². The van der Waals surface area contributed by atoms with Gasteiger partial charge in [0.15, 0.2) is 12.4 Å². The van der Waals surface area contributed by atoms with Crippen LogP contribution in [-0.2, 0) is 4.79 Å². The number of ether oxygens (including phenoxy) is 2. The Balaban J connectivity index is 1.60. The van der Waals surface area contributed by atoms with Crippen LogP contribution in [-0.4, -0.2) is 19.1 Å². The molecular weight excluding hydrogens is 410 g/mol. The molecule has 4 aromatic rings. The molecule has 2 aromatic carbocycles. The zero-order valence-corrected chi connectivity index (χ0v) is 18.1. The second-order valence-corrected chi connectivity index (χ2v) is 7.29. The van der Waals surface area contributed by atoms with Crippen LogP contribution in [0.25, 0.3) is 22.5 Å². The lowest BCUT2D eigenvalue weighted by Gasteiger charge is -2.12. The van der Waals surface area contributed by atoms with Gasteiger partial charge in [-0.3, -0.25) is 9.59 Å². The number of aryl methyl sites for hydroxylation is 2. The molecule has 0 atom stereocenters. The van der Waals surface area contributed by atoms with Gasteiger partial charge in [-0.2, -0.15) is 0 Å². The molecule has 2 aromatic heterocycles. The first-order valence-electron chi connectivity index (χ1n) is 10.2. The third-order valence-corrected chi connectivity index (χ3v) is 5.01. The predicted molar refractivity (Wildman–Crippen MR) is 121 cm³/mol. The molecule has 32 heavy (non-hydrogen) atoms. The maximum atomic E-state index is 13.2. The Bertz CT molecular complexity index is 1300. The topological polar surface area (TPSA) is 90.9 Å². The van der Waals surface area contributed by atoms with Gasteiger partial charge in [-0.25, -0.2) is 0 Å². The summed E-state index contributed by atoms with van der Waals surface area (Å²) in [6.07, 6.45) is 1.47. The first kappa shape index (κ1) is 21.2. The summed E-state index contributed by atoms with van der Waals surface area (Å²) < 4.78 is 22.5. The highest BCUT2D eigenvalue weighted by Gasteiger charge is 2.21. The molecule has 0 saturated heterocycles. The van der Waals surface area contributed by atoms with Gasteiger partial charge < -0.3 is 23.6 Å². The van der Waals surface area contributed by atoms with Gasteiger partial charge in [-0.15, -0.1) is 0 Å². The predicted octanol–water partition coefficient (Wildman–Crippen LogP) is 5.09. The van der Waals surface area contributed by atoms with E-state index >= 15 is 0 Å². The first-order chi connectivity index (χ1) is 15.5. The first-order valence-corrected chi connectivity index (χ1v) is 10.2. The van der Waals surface area contributed by atoms with Crippen molar-refractivity contribution >= 4 is 22.6 Å². The molecule has 0 fully saturated rings. The van der Waals surface area contributed by atoms with E-state index in [-0.39, 0.29) is 23.5 Å². The molecule has 0 unspecified atom stereocenters. The normalized spacial score (nSPS) is 10.8. The van der Waals surface area contributed by atoms with Crippen molar-refractivity contribution in [2.75, 3.05) is 18.5 Å². The van der Waals surface area contributed by atoms with Crippen molar-refractivity contribution in [2.45, 2.75) is 20.8 Å². The quantitative estimate of drug-likeness (QED) is 0.437. The Morgan fingerprint density at radius 3 is 2.47 bits per heavy atom. The minimum absolute atomic E-state index is 0.0717. The fraction of sp³-hybridized carbons (Fsp3) is 0.200. The molecule has 1 N–H and O–H groups in total. The summed E-state index contributed by atoms with van der Waals surface area (Å²) in [5.74, 6) is 0.703. The van der Waals surface area contributed by atoms with Gasteiger partial charge in [-0.05, 0) is 80.4 Å². The SMILES string of the molecule is CCOc1ccc(NC(=O)COc2c(-c3ccco3)oc3cc(C)c(C)cc3c2=O)cc1. The highest BCUT2D eigenvalue weighted by Crippen LogP contribution is 2.32. The zero-order chi connectivity index (χ0) is 22.7. The van der Waals surface area contributed by atoms with E-state index in [9.17, 15) is 9.59 Å². The number of carbonyl (C=O) groups is 1. The Morgan fingerprint density at radius 1 is 1.03 bits per heavy atom. The monoisotopic (exact) mass is 433 g/mol. The molecule has 7 heteroatoms. The lowest BCUT2D eigenvalue weighted by Crippen LogP contribution is -2.22. The molecule has 0 aliphatic rings. The van der Waals surface area contributed by atoms with Crippen molar-refractivity contribution < 1.29 is 23.1 Å². The van der Waals surface area contributed by atoms with Crippen LogP contribution in [0.4, 0.5) is 5.69 Å². The van der Waals surface area contributed by atoms with E-state index in [4.69, 9.17) is 18.3 Å². The van der Waals surface area contributed by atoms with E-state index in [0.717, 1.165) is 11.1 Å². The van der Waals surface area contributed by atoms with Gasteiger partial charge in [0, 0.05) is 5.69 Å². The fourth-order valence-electron chi connectivity index (χ4n) is 3.27. The molecule has 0 aliphatic heterocycles. The van der Waals surface area contributed by atoms with E-state index in [1.807, 2.05) is 20.8 Å². The number of benzene rings is 2. The summed E-state index contributed by atoms with van der Waals surface area (Å²) in [5.41, 5.74) is 2.60. The molecular formula is C25H23NO6. The number of hydrogen-bond donors (Lipinski definition) is 1. The van der Waals surface area contributed by atoms with Crippen LogP contribution in [0.2, 0.25) is 0 Å². The fourth-order valence-corrected chi connectivity index (χ4v) is 3.27. The number of rotatable bonds is 7. The highest BCUT2D eigenvalue weighted by molar-refractivity contribution is 5.92. The standard InChI is InChI=1S/C25H23NO6/c1-4-29-18-9-7-17(8-10-18)26-22(27)14-31-25-23(28)19-12-15(2)16(3)13-21(19)32-24(25)20-6-5-11-30-20/h5-13H,4,14H2,1-3H3,(H,26,27). The third-order valence-electron chi connectivity index (χ3n) is 5.01. The molecule has 0 saturated carbocycles. The number of furan rings is 1. The molecule has 1 amide bonds. The van der Waals surface area contributed by atoms with Crippen molar-refractivity contribution in [1.82, 2.24) is 0 Å². The van der Waals surface area contributed by atoms with Gasteiger partial charge in [0.1, 0.15) is 11.3 Å². The number of hydrogen-bond acceptors (Lipinski definition) is 6. The van der Waals surface area contributed by atoms with E-state index in [2.05, 4.69) is 5.32 Å². The van der Waals surface area contributed by atoms with E-state index in [1.54, 1.807) is 48.5 Å². The smallest absolute Gasteiger partial charge is 0.262 e. The number of fused-ring (bicyclic) bond motifs is 1. The Kier molecular flexibility index (Phi) is 5.98. The van der Waals surface area contributed by atoms with Crippen molar-refractivity contribution in [3.63, 3.8) is 0 Å². The van der Waals surface area contributed by atoms with Crippen LogP contribution < -0.4 is 20.2 Å². The molecule has 0 spiro atoms. The largest absolute Gasteiger partial charge is 0.494 e. The third kappa shape index (κ3) is 4.37. The average molecular weight is 433 g/mol. The Labute approximate surface area is 184 Å². The molecule has 164 valence electrons. The number of anilines is 1. The second-order valence-electron chi connectivity index (χ2n) is 7.29. The molecule has 0 aliphatic carbocycles. The van der Waals surface area contributed by atoms with E-state index < -0.39 is 5.91 Å². The highest BCUT2D eigenvalue weighted by atomic mass is 16.5. The van der Waals surface area contributed by atoms with E-state index in [1.165, 1.54) is 6.26 Å². The lowest BCUT2D eigenvalue weighted by molar-refractivity contribution is -0.118. The molecule has 0 radical (unpaired) electrons. The number of nitrogens with one attached hydrogen (secondary N) is 1. The van der Waals surface area contributed by atoms with Gasteiger partial charge >= 0.3 is 0 Å². The number of amides is 1. The number of carbonyl (C=O) groups excluding carboxylic acids is 1. The molecule has 0 bridgehead atoms. The maximum Gasteiger partial charge on any atom is 0.262 e. The lowest BCUT2D eigenvalue weighted by atomic mass is 10.1. The summed E-state index contributed by atoms with van der Waals surface area (Å²) in [7, 11) is 0. The van der Waals surface area contributed by atoms with Gasteiger partial charge in [0.05, 0.1) is 18.3 Å². The Morgan fingerprint density at radius 2 is 1.78 bits per heavy atom. The summed E-state index contributed by atoms with van der Waals surface area (Å²) in [5, 5.41) is 3.11. The van der Waals surface area contributed by atoms with Gasteiger partial charge in [-0.1, -0.05) is 0 Å². The minimum Gasteiger partial charge on any atom is -0.494 e. The summed E-state index contributed by atoms with van der Waals surface area (Å²) in [6.45, 7) is 5.94. The van der Waals surface area contributed by atoms with Crippen LogP contribution in [0.3, 0.4) is 0 Å². The van der Waals surface area contributed by atoms with Gasteiger partial charge in [0.2, 0.25) is 16.9 Å².